The highest BCUT2D eigenvalue weighted by Gasteiger charge is 2.33. The first-order chi connectivity index (χ1) is 9.15. The molecule has 2 heterocycles. The Morgan fingerprint density at radius 3 is 2.32 bits per heavy atom. The van der Waals surface area contributed by atoms with Gasteiger partial charge in [0, 0.05) is 18.9 Å². The predicted octanol–water partition coefficient (Wildman–Crippen LogP) is 1.85. The molecule has 0 aliphatic rings. The lowest BCUT2D eigenvalue weighted by atomic mass is 9.82. The highest BCUT2D eigenvalue weighted by atomic mass is 16.5. The van der Waals surface area contributed by atoms with Crippen molar-refractivity contribution in [3.63, 3.8) is 0 Å². The zero-order valence-electron chi connectivity index (χ0n) is 11.6. The zero-order chi connectivity index (χ0) is 13.9. The fourth-order valence-corrected chi connectivity index (χ4v) is 1.97. The molecule has 0 aliphatic heterocycles. The number of aryl methyl sites for hydroxylation is 1. The maximum atomic E-state index is 5.87. The molecule has 0 atom stereocenters. The number of nitrogens with two attached hydrogens (primary N) is 1. The van der Waals surface area contributed by atoms with Gasteiger partial charge in [-0.25, -0.2) is 9.97 Å². The molecule has 0 saturated carbocycles. The number of nitrogens with zero attached hydrogens (tertiary/aromatic N) is 4. The second kappa shape index (κ2) is 5.44. The maximum Gasteiger partial charge on any atom is 0.240 e. The van der Waals surface area contributed by atoms with Gasteiger partial charge in [0.1, 0.15) is 0 Å². The van der Waals surface area contributed by atoms with Crippen molar-refractivity contribution < 1.29 is 4.52 Å². The van der Waals surface area contributed by atoms with E-state index in [9.17, 15) is 0 Å². The summed E-state index contributed by atoms with van der Waals surface area (Å²) >= 11 is 0. The average molecular weight is 261 g/mol. The van der Waals surface area contributed by atoms with E-state index in [1.807, 2.05) is 6.92 Å². The predicted molar refractivity (Wildman–Crippen MR) is 71.4 cm³/mol. The van der Waals surface area contributed by atoms with E-state index in [-0.39, 0.29) is 5.41 Å². The van der Waals surface area contributed by atoms with Gasteiger partial charge in [0.2, 0.25) is 17.5 Å². The van der Waals surface area contributed by atoms with Crippen LogP contribution in [0.5, 0.6) is 0 Å². The number of hydrogen-bond donors (Lipinski definition) is 1. The number of aromatic nitrogens is 4. The molecule has 0 unspecified atom stereocenters. The zero-order valence-corrected chi connectivity index (χ0v) is 11.6. The summed E-state index contributed by atoms with van der Waals surface area (Å²) in [5.74, 6) is 1.45. The molecule has 2 aromatic rings. The van der Waals surface area contributed by atoms with Crippen molar-refractivity contribution in [2.24, 2.45) is 5.73 Å². The van der Waals surface area contributed by atoms with Gasteiger partial charge < -0.3 is 10.3 Å². The van der Waals surface area contributed by atoms with Crippen LogP contribution in [0.1, 0.15) is 38.1 Å². The Labute approximate surface area is 112 Å². The molecule has 0 amide bonds. The van der Waals surface area contributed by atoms with Gasteiger partial charge in [-0.2, -0.15) is 4.98 Å². The van der Waals surface area contributed by atoms with Crippen molar-refractivity contribution in [1.82, 2.24) is 20.1 Å². The first kappa shape index (κ1) is 13.6. The minimum Gasteiger partial charge on any atom is -0.338 e. The Kier molecular flexibility index (Phi) is 3.90. The molecule has 0 aromatic carbocycles. The fraction of sp³-hybridized carbons (Fsp3) is 0.538. The molecule has 102 valence electrons. The third-order valence-corrected chi connectivity index (χ3v) is 3.60. The van der Waals surface area contributed by atoms with Gasteiger partial charge in [-0.1, -0.05) is 19.0 Å². The van der Waals surface area contributed by atoms with Gasteiger partial charge in [0.05, 0.1) is 5.41 Å². The largest absolute Gasteiger partial charge is 0.338 e. The van der Waals surface area contributed by atoms with E-state index >= 15 is 0 Å². The summed E-state index contributed by atoms with van der Waals surface area (Å²) in [5.41, 5.74) is 6.61. The van der Waals surface area contributed by atoms with Crippen molar-refractivity contribution in [3.8, 4) is 11.6 Å². The third kappa shape index (κ3) is 2.49. The van der Waals surface area contributed by atoms with E-state index in [0.29, 0.717) is 24.1 Å². The lowest BCUT2D eigenvalue weighted by Gasteiger charge is -2.24. The first-order valence-electron chi connectivity index (χ1n) is 6.48. The maximum absolute atomic E-state index is 5.87. The van der Waals surface area contributed by atoms with Crippen LogP contribution in [0, 0.1) is 6.92 Å². The van der Waals surface area contributed by atoms with E-state index in [2.05, 4.69) is 34.0 Å². The quantitative estimate of drug-likeness (QED) is 0.883. The molecule has 0 aliphatic carbocycles. The van der Waals surface area contributed by atoms with Gasteiger partial charge in [-0.15, -0.1) is 0 Å². The summed E-state index contributed by atoms with van der Waals surface area (Å²) in [7, 11) is 0. The van der Waals surface area contributed by atoms with Crippen LogP contribution in [0.3, 0.4) is 0 Å². The summed E-state index contributed by atoms with van der Waals surface area (Å²) in [5, 5.41) is 3.96. The number of hydrogen-bond acceptors (Lipinski definition) is 6. The van der Waals surface area contributed by atoms with Crippen LogP contribution in [0.15, 0.2) is 16.9 Å². The van der Waals surface area contributed by atoms with Crippen LogP contribution < -0.4 is 5.73 Å². The minimum absolute atomic E-state index is 0.254. The Bertz CT molecular complexity index is 522. The Hall–Kier alpha value is -1.82. The van der Waals surface area contributed by atoms with Crippen molar-refractivity contribution in [2.75, 3.05) is 6.54 Å². The van der Waals surface area contributed by atoms with Crippen LogP contribution in [-0.2, 0) is 5.41 Å². The van der Waals surface area contributed by atoms with Crippen LogP contribution >= 0.6 is 0 Å². The molecular formula is C13H19N5O. The third-order valence-electron chi connectivity index (χ3n) is 3.60. The lowest BCUT2D eigenvalue weighted by Crippen LogP contribution is -2.34. The van der Waals surface area contributed by atoms with E-state index in [4.69, 9.17) is 10.3 Å². The molecule has 0 bridgehead atoms. The van der Waals surface area contributed by atoms with Crippen LogP contribution in [0.2, 0.25) is 0 Å². The van der Waals surface area contributed by atoms with Crippen molar-refractivity contribution >= 4 is 0 Å². The Balaban J connectivity index is 2.35. The lowest BCUT2D eigenvalue weighted by molar-refractivity contribution is 0.267. The summed E-state index contributed by atoms with van der Waals surface area (Å²) in [6.45, 7) is 6.56. The summed E-state index contributed by atoms with van der Waals surface area (Å²) in [6.07, 6.45) is 5.18. The van der Waals surface area contributed by atoms with Gasteiger partial charge in [-0.3, -0.25) is 0 Å². The average Bonchev–Trinajstić information content (AvgIpc) is 2.93. The topological polar surface area (TPSA) is 90.7 Å². The number of rotatable bonds is 5. The molecule has 6 nitrogen and oxygen atoms in total. The van der Waals surface area contributed by atoms with Crippen molar-refractivity contribution in [3.05, 3.63) is 23.8 Å². The molecule has 6 heteroatoms. The second-order valence-electron chi connectivity index (χ2n) is 4.70. The molecule has 2 aromatic heterocycles. The minimum atomic E-state index is -0.254. The molecule has 2 N–H and O–H groups in total. The fourth-order valence-electron chi connectivity index (χ4n) is 1.97. The standard InChI is InChI=1S/C13H19N5O/c1-4-13(5-2,8-14)12-17-11(18-19-12)10-15-6-9(3)7-16-10/h6-7H,4-5,8,14H2,1-3H3. The van der Waals surface area contributed by atoms with Gasteiger partial charge >= 0.3 is 0 Å². The normalized spacial score (nSPS) is 11.8. The van der Waals surface area contributed by atoms with E-state index in [1.54, 1.807) is 12.4 Å². The smallest absolute Gasteiger partial charge is 0.240 e. The monoisotopic (exact) mass is 261 g/mol. The van der Waals surface area contributed by atoms with Crippen LogP contribution in [-0.4, -0.2) is 26.7 Å². The van der Waals surface area contributed by atoms with E-state index in [1.165, 1.54) is 0 Å². The highest BCUT2D eigenvalue weighted by Crippen LogP contribution is 2.30. The summed E-state index contributed by atoms with van der Waals surface area (Å²) < 4.78 is 5.37. The Morgan fingerprint density at radius 2 is 1.79 bits per heavy atom. The van der Waals surface area contributed by atoms with Crippen molar-refractivity contribution in [1.29, 1.82) is 0 Å². The molecule has 2 rings (SSSR count). The molecule has 19 heavy (non-hydrogen) atoms. The Morgan fingerprint density at radius 1 is 1.16 bits per heavy atom. The van der Waals surface area contributed by atoms with Crippen LogP contribution in [0.25, 0.3) is 11.6 Å². The van der Waals surface area contributed by atoms with E-state index in [0.717, 1.165) is 18.4 Å². The van der Waals surface area contributed by atoms with E-state index < -0.39 is 0 Å². The molecule has 0 radical (unpaired) electrons. The molecule has 0 fully saturated rings. The van der Waals surface area contributed by atoms with Gasteiger partial charge in [0.25, 0.3) is 0 Å². The van der Waals surface area contributed by atoms with Gasteiger partial charge in [-0.05, 0) is 25.3 Å². The van der Waals surface area contributed by atoms with Crippen molar-refractivity contribution in [2.45, 2.75) is 39.0 Å². The first-order valence-corrected chi connectivity index (χ1v) is 6.48. The summed E-state index contributed by atoms with van der Waals surface area (Å²) in [4.78, 5) is 12.8. The van der Waals surface area contributed by atoms with Crippen LogP contribution in [0.4, 0.5) is 0 Å². The molecule has 0 saturated heterocycles. The SMILES string of the molecule is CCC(CC)(CN)c1nc(-c2ncc(C)cn2)no1. The molecular weight excluding hydrogens is 242 g/mol. The second-order valence-corrected chi connectivity index (χ2v) is 4.70. The highest BCUT2D eigenvalue weighted by molar-refractivity contribution is 5.41. The summed E-state index contributed by atoms with van der Waals surface area (Å²) in [6, 6.07) is 0. The molecule has 0 spiro atoms. The van der Waals surface area contributed by atoms with Gasteiger partial charge in [0.15, 0.2) is 0 Å².